The van der Waals surface area contributed by atoms with Gasteiger partial charge in [0.25, 0.3) is 16.8 Å². The molecule has 0 saturated heterocycles. The van der Waals surface area contributed by atoms with Crippen molar-refractivity contribution in [2.45, 2.75) is 25.8 Å². The summed E-state index contributed by atoms with van der Waals surface area (Å²) in [4.78, 5) is 48.7. The third kappa shape index (κ3) is 5.06. The first kappa shape index (κ1) is 24.4. The fraction of sp³-hybridized carbons (Fsp3) is 0.200. The van der Waals surface area contributed by atoms with E-state index in [9.17, 15) is 24.3 Å². The van der Waals surface area contributed by atoms with Crippen LogP contribution in [0.3, 0.4) is 0 Å². The minimum Gasteiger partial charge on any atom is -0.480 e. The molecule has 0 radical (unpaired) electrons. The summed E-state index contributed by atoms with van der Waals surface area (Å²) >= 11 is 7.69. The predicted molar refractivity (Wildman–Crippen MR) is 140 cm³/mol. The number of aliphatic carboxylic acids is 1. The second-order valence-electron chi connectivity index (χ2n) is 7.97. The standard InChI is InChI=1S/C25H22ClN3O5S/c1-2-11-27-19-20(22(31)21(19)30)29-16(25(33)34)12-13-7-9-14(10-8-13)28-24(32)23-18(26)15-5-3-4-6-17(15)35-23/h3-10,16,27,29H,2,11-12H2,1H3,(H,28,32)(H,33,34)/t16-/m0/s1. The van der Waals surface area contributed by atoms with Gasteiger partial charge in [-0.2, -0.15) is 0 Å². The summed E-state index contributed by atoms with van der Waals surface area (Å²) in [5.41, 5.74) is -0.0528. The van der Waals surface area contributed by atoms with Crippen LogP contribution in [0.15, 0.2) is 58.1 Å². The van der Waals surface area contributed by atoms with Crippen LogP contribution in [0.1, 0.15) is 28.6 Å². The van der Waals surface area contributed by atoms with Gasteiger partial charge in [0.05, 0.1) is 5.02 Å². The number of thiophene rings is 1. The van der Waals surface area contributed by atoms with Crippen molar-refractivity contribution in [3.8, 4) is 0 Å². The SMILES string of the molecule is CCCNc1c(N[C@@H](Cc2ccc(NC(=O)c3sc4ccccc4c3Cl)cc2)C(=O)O)c(=O)c1=O. The second kappa shape index (κ2) is 10.3. The lowest BCUT2D eigenvalue weighted by atomic mass is 10.0. The van der Waals surface area contributed by atoms with Crippen LogP contribution in [0.5, 0.6) is 0 Å². The average Bonchev–Trinajstić information content (AvgIpc) is 3.20. The number of fused-ring (bicyclic) bond motifs is 1. The fourth-order valence-electron chi connectivity index (χ4n) is 3.63. The Morgan fingerprint density at radius 2 is 1.71 bits per heavy atom. The second-order valence-corrected chi connectivity index (χ2v) is 9.40. The molecule has 4 aromatic rings. The Bertz CT molecular complexity index is 1470. The number of halogens is 1. The summed E-state index contributed by atoms with van der Waals surface area (Å²) in [5, 5.41) is 19.2. The van der Waals surface area contributed by atoms with Crippen molar-refractivity contribution in [2.24, 2.45) is 0 Å². The van der Waals surface area contributed by atoms with Gasteiger partial charge in [-0.1, -0.05) is 48.9 Å². The molecule has 0 spiro atoms. The van der Waals surface area contributed by atoms with Crippen molar-refractivity contribution in [1.82, 2.24) is 0 Å². The van der Waals surface area contributed by atoms with Crippen LogP contribution in [0, 0.1) is 0 Å². The highest BCUT2D eigenvalue weighted by Crippen LogP contribution is 2.35. The molecule has 0 saturated carbocycles. The molecule has 1 heterocycles. The lowest BCUT2D eigenvalue weighted by Crippen LogP contribution is -2.42. The van der Waals surface area contributed by atoms with E-state index in [1.807, 2.05) is 31.2 Å². The molecule has 1 atom stereocenters. The lowest BCUT2D eigenvalue weighted by Gasteiger charge is -2.20. The number of benzene rings is 2. The van der Waals surface area contributed by atoms with Gasteiger partial charge in [-0.05, 0) is 30.2 Å². The molecule has 10 heteroatoms. The Morgan fingerprint density at radius 3 is 2.37 bits per heavy atom. The molecular weight excluding hydrogens is 490 g/mol. The highest BCUT2D eigenvalue weighted by atomic mass is 35.5. The van der Waals surface area contributed by atoms with Crippen LogP contribution in [0.25, 0.3) is 10.1 Å². The largest absolute Gasteiger partial charge is 0.480 e. The molecule has 0 aliphatic carbocycles. The predicted octanol–water partition coefficient (Wildman–Crippen LogP) is 4.33. The van der Waals surface area contributed by atoms with Crippen LogP contribution in [0.2, 0.25) is 5.02 Å². The molecule has 8 nitrogen and oxygen atoms in total. The van der Waals surface area contributed by atoms with Gasteiger partial charge in [-0.15, -0.1) is 11.3 Å². The fourth-order valence-corrected chi connectivity index (χ4v) is 5.04. The van der Waals surface area contributed by atoms with Gasteiger partial charge in [0.1, 0.15) is 22.3 Å². The van der Waals surface area contributed by atoms with Gasteiger partial charge in [-0.3, -0.25) is 14.4 Å². The lowest BCUT2D eigenvalue weighted by molar-refractivity contribution is -0.137. The molecule has 4 N–H and O–H groups in total. The van der Waals surface area contributed by atoms with Crippen molar-refractivity contribution in [3.05, 3.63) is 84.4 Å². The number of hydrogen-bond donors (Lipinski definition) is 4. The molecule has 0 aliphatic rings. The number of carboxylic acid groups (broad SMARTS) is 1. The van der Waals surface area contributed by atoms with Gasteiger partial charge in [0.15, 0.2) is 0 Å². The Balaban J connectivity index is 1.44. The Labute approximate surface area is 209 Å². The number of hydrogen-bond acceptors (Lipinski definition) is 7. The van der Waals surface area contributed by atoms with Crippen molar-refractivity contribution in [1.29, 1.82) is 0 Å². The van der Waals surface area contributed by atoms with Gasteiger partial charge < -0.3 is 21.1 Å². The number of amides is 1. The third-order valence-electron chi connectivity index (χ3n) is 5.47. The van der Waals surface area contributed by atoms with Gasteiger partial charge in [0.2, 0.25) is 0 Å². The number of carbonyl (C=O) groups is 2. The zero-order chi connectivity index (χ0) is 25.1. The van der Waals surface area contributed by atoms with Crippen LogP contribution in [-0.4, -0.2) is 29.6 Å². The van der Waals surface area contributed by atoms with Crippen molar-refractivity contribution in [3.63, 3.8) is 0 Å². The quantitative estimate of drug-likeness (QED) is 0.233. The number of carboxylic acids is 1. The van der Waals surface area contributed by atoms with E-state index in [-0.39, 0.29) is 23.7 Å². The normalized spacial score (nSPS) is 11.9. The smallest absolute Gasteiger partial charge is 0.326 e. The van der Waals surface area contributed by atoms with Crippen LogP contribution >= 0.6 is 22.9 Å². The summed E-state index contributed by atoms with van der Waals surface area (Å²) in [5.74, 6) is -1.49. The van der Waals surface area contributed by atoms with E-state index in [2.05, 4.69) is 16.0 Å². The molecule has 0 unspecified atom stereocenters. The first-order valence-corrected chi connectivity index (χ1v) is 12.1. The van der Waals surface area contributed by atoms with Crippen molar-refractivity contribution < 1.29 is 14.7 Å². The molecule has 0 aliphatic heterocycles. The average molecular weight is 512 g/mol. The van der Waals surface area contributed by atoms with Gasteiger partial charge in [-0.25, -0.2) is 4.79 Å². The maximum Gasteiger partial charge on any atom is 0.326 e. The van der Waals surface area contributed by atoms with E-state index in [0.717, 1.165) is 16.5 Å². The Kier molecular flexibility index (Phi) is 7.18. The maximum atomic E-state index is 12.7. The van der Waals surface area contributed by atoms with E-state index in [1.54, 1.807) is 24.3 Å². The first-order valence-electron chi connectivity index (χ1n) is 10.9. The summed E-state index contributed by atoms with van der Waals surface area (Å²) in [6.45, 7) is 2.41. The summed E-state index contributed by atoms with van der Waals surface area (Å²) in [7, 11) is 0. The van der Waals surface area contributed by atoms with E-state index >= 15 is 0 Å². The van der Waals surface area contributed by atoms with Gasteiger partial charge in [0, 0.05) is 28.7 Å². The monoisotopic (exact) mass is 511 g/mol. The number of anilines is 3. The highest BCUT2D eigenvalue weighted by molar-refractivity contribution is 7.21. The summed E-state index contributed by atoms with van der Waals surface area (Å²) in [6.07, 6.45) is 0.816. The zero-order valence-electron chi connectivity index (χ0n) is 18.7. The van der Waals surface area contributed by atoms with Crippen molar-refractivity contribution >= 4 is 62.0 Å². The van der Waals surface area contributed by atoms with Gasteiger partial charge >= 0.3 is 5.97 Å². The number of nitrogens with one attached hydrogen (secondary N) is 3. The van der Waals surface area contributed by atoms with E-state index < -0.39 is 22.9 Å². The van der Waals surface area contributed by atoms with E-state index in [4.69, 9.17) is 11.6 Å². The maximum absolute atomic E-state index is 12.7. The molecular formula is C25H22ClN3O5S. The molecule has 0 bridgehead atoms. The molecule has 180 valence electrons. The molecule has 1 aromatic heterocycles. The van der Waals surface area contributed by atoms with E-state index in [0.29, 0.717) is 27.7 Å². The first-order chi connectivity index (χ1) is 16.8. The van der Waals surface area contributed by atoms with Crippen molar-refractivity contribution in [2.75, 3.05) is 22.5 Å². The third-order valence-corrected chi connectivity index (χ3v) is 7.15. The Morgan fingerprint density at radius 1 is 1.03 bits per heavy atom. The number of rotatable bonds is 10. The summed E-state index contributed by atoms with van der Waals surface area (Å²) < 4.78 is 0.917. The molecule has 3 aromatic carbocycles. The molecule has 1 amide bonds. The Hall–Kier alpha value is -3.69. The molecule has 4 rings (SSSR count). The number of carbonyl (C=O) groups excluding carboxylic acids is 1. The van der Waals surface area contributed by atoms with Crippen LogP contribution < -0.4 is 26.8 Å². The summed E-state index contributed by atoms with van der Waals surface area (Å²) in [6, 6.07) is 13.1. The van der Waals surface area contributed by atoms with E-state index in [1.165, 1.54) is 11.3 Å². The minimum atomic E-state index is -1.16. The topological polar surface area (TPSA) is 125 Å². The highest BCUT2D eigenvalue weighted by Gasteiger charge is 2.26. The van der Waals surface area contributed by atoms with Crippen LogP contribution in [0.4, 0.5) is 17.1 Å². The molecule has 0 fully saturated rings. The van der Waals surface area contributed by atoms with Crippen LogP contribution in [-0.2, 0) is 11.2 Å². The molecule has 35 heavy (non-hydrogen) atoms. The zero-order valence-corrected chi connectivity index (χ0v) is 20.3. The minimum absolute atomic E-state index is 0.0000491.